The highest BCUT2D eigenvalue weighted by atomic mass is 19.1. The molecule has 1 aliphatic rings. The number of pyridine rings is 2. The van der Waals surface area contributed by atoms with Gasteiger partial charge in [-0.05, 0) is 66.8 Å². The molecule has 1 atom stereocenters. The topological polar surface area (TPSA) is 69.6 Å². The largest absolute Gasteiger partial charge is 0.396 e. The Morgan fingerprint density at radius 1 is 1.16 bits per heavy atom. The van der Waals surface area contributed by atoms with Gasteiger partial charge in [0.1, 0.15) is 11.6 Å². The van der Waals surface area contributed by atoms with Gasteiger partial charge in [-0.15, -0.1) is 0 Å². The van der Waals surface area contributed by atoms with Crippen molar-refractivity contribution in [2.24, 2.45) is 5.92 Å². The van der Waals surface area contributed by atoms with Crippen molar-refractivity contribution in [1.82, 2.24) is 9.97 Å². The maximum absolute atomic E-state index is 13.4. The van der Waals surface area contributed by atoms with Crippen LogP contribution in [-0.4, -0.2) is 40.7 Å². The van der Waals surface area contributed by atoms with Crippen LogP contribution in [0.4, 0.5) is 15.9 Å². The van der Waals surface area contributed by atoms with Crippen LogP contribution in [0.15, 0.2) is 67.1 Å². The third-order valence-electron chi connectivity index (χ3n) is 5.54. The summed E-state index contributed by atoms with van der Waals surface area (Å²) in [5, 5.41) is 9.46. The second kappa shape index (κ2) is 9.66. The van der Waals surface area contributed by atoms with Crippen LogP contribution in [0.2, 0.25) is 0 Å². The Labute approximate surface area is 181 Å². The summed E-state index contributed by atoms with van der Waals surface area (Å²) in [6.07, 6.45) is 6.98. The van der Waals surface area contributed by atoms with Gasteiger partial charge in [-0.25, -0.2) is 9.37 Å². The normalized spacial score (nSPS) is 16.2. The van der Waals surface area contributed by atoms with E-state index < -0.39 is 0 Å². The Morgan fingerprint density at radius 2 is 2.00 bits per heavy atom. The van der Waals surface area contributed by atoms with E-state index in [-0.39, 0.29) is 24.2 Å². The summed E-state index contributed by atoms with van der Waals surface area (Å²) in [4.78, 5) is 25.6. The number of carbonyl (C=O) groups is 1. The first-order valence-corrected chi connectivity index (χ1v) is 10.4. The number of amides is 1. The highest BCUT2D eigenvalue weighted by Gasteiger charge is 2.21. The molecule has 1 aliphatic heterocycles. The quantitative estimate of drug-likeness (QED) is 0.659. The highest BCUT2D eigenvalue weighted by molar-refractivity contribution is 6.05. The molecular formula is C24H25FN4O2. The molecule has 1 fully saturated rings. The average Bonchev–Trinajstić information content (AvgIpc) is 2.84. The van der Waals surface area contributed by atoms with Gasteiger partial charge in [-0.1, -0.05) is 6.07 Å². The lowest BCUT2D eigenvalue weighted by atomic mass is 9.99. The lowest BCUT2D eigenvalue weighted by Crippen LogP contribution is -2.37. The van der Waals surface area contributed by atoms with Crippen LogP contribution in [0, 0.1) is 11.7 Å². The summed E-state index contributed by atoms with van der Waals surface area (Å²) in [7, 11) is 0. The van der Waals surface area contributed by atoms with E-state index in [1.165, 1.54) is 18.3 Å². The zero-order chi connectivity index (χ0) is 21.6. The molecule has 7 heteroatoms. The second-order valence-electron chi connectivity index (χ2n) is 7.77. The number of anilines is 2. The summed E-state index contributed by atoms with van der Waals surface area (Å²) in [6, 6.07) is 13.2. The first kappa shape index (κ1) is 20.9. The van der Waals surface area contributed by atoms with Gasteiger partial charge in [0.15, 0.2) is 0 Å². The van der Waals surface area contributed by atoms with Crippen molar-refractivity contribution in [1.29, 1.82) is 0 Å². The number of hydrogen-bond donors (Lipinski definition) is 1. The number of rotatable bonds is 6. The van der Waals surface area contributed by atoms with Gasteiger partial charge in [-0.3, -0.25) is 9.78 Å². The number of halogens is 1. The summed E-state index contributed by atoms with van der Waals surface area (Å²) in [5.74, 6) is 0.576. The van der Waals surface area contributed by atoms with E-state index in [2.05, 4.69) is 14.9 Å². The molecule has 1 amide bonds. The molecule has 1 saturated heterocycles. The monoisotopic (exact) mass is 420 g/mol. The van der Waals surface area contributed by atoms with E-state index in [0.717, 1.165) is 37.3 Å². The van der Waals surface area contributed by atoms with Crippen molar-refractivity contribution >= 4 is 17.4 Å². The van der Waals surface area contributed by atoms with Crippen LogP contribution in [-0.2, 0) is 6.54 Å². The Hall–Kier alpha value is -3.32. The number of aliphatic hydroxyl groups excluding tert-OH is 1. The van der Waals surface area contributed by atoms with E-state index in [1.807, 2.05) is 12.1 Å². The molecule has 1 unspecified atom stereocenters. The minimum absolute atomic E-state index is 0.192. The van der Waals surface area contributed by atoms with Gasteiger partial charge in [0.05, 0.1) is 12.1 Å². The summed E-state index contributed by atoms with van der Waals surface area (Å²) in [6.45, 7) is 2.21. The molecule has 1 aromatic carbocycles. The minimum Gasteiger partial charge on any atom is -0.396 e. The molecule has 2 aromatic heterocycles. The van der Waals surface area contributed by atoms with Crippen LogP contribution >= 0.6 is 0 Å². The molecule has 1 N–H and O–H groups in total. The smallest absolute Gasteiger partial charge is 0.260 e. The van der Waals surface area contributed by atoms with Crippen LogP contribution in [0.3, 0.4) is 0 Å². The molecule has 4 rings (SSSR count). The molecule has 0 aliphatic carbocycles. The van der Waals surface area contributed by atoms with Crippen LogP contribution in [0.1, 0.15) is 28.8 Å². The van der Waals surface area contributed by atoms with Gasteiger partial charge in [0, 0.05) is 44.0 Å². The SMILES string of the molecule is O=C(c1cccnc1)N(Cc1ccc(N2CCCC(CO)C2)nc1)c1ccc(F)cc1. The van der Waals surface area contributed by atoms with E-state index in [9.17, 15) is 14.3 Å². The van der Waals surface area contributed by atoms with Crippen LogP contribution < -0.4 is 9.80 Å². The predicted molar refractivity (Wildman–Crippen MR) is 117 cm³/mol. The molecule has 0 bridgehead atoms. The lowest BCUT2D eigenvalue weighted by molar-refractivity contribution is 0.0984. The number of piperidine rings is 1. The molecule has 3 aromatic rings. The average molecular weight is 420 g/mol. The molecule has 160 valence electrons. The minimum atomic E-state index is -0.355. The Bertz CT molecular complexity index is 996. The lowest BCUT2D eigenvalue weighted by Gasteiger charge is -2.32. The van der Waals surface area contributed by atoms with Crippen molar-refractivity contribution in [2.75, 3.05) is 29.5 Å². The Balaban J connectivity index is 1.55. The van der Waals surface area contributed by atoms with Crippen molar-refractivity contribution in [3.8, 4) is 0 Å². The molecule has 31 heavy (non-hydrogen) atoms. The van der Waals surface area contributed by atoms with E-state index in [0.29, 0.717) is 17.8 Å². The maximum atomic E-state index is 13.4. The van der Waals surface area contributed by atoms with Gasteiger partial charge >= 0.3 is 0 Å². The number of aromatic nitrogens is 2. The first-order valence-electron chi connectivity index (χ1n) is 10.4. The fourth-order valence-corrected chi connectivity index (χ4v) is 3.85. The predicted octanol–water partition coefficient (Wildman–Crippen LogP) is 3.67. The molecule has 3 heterocycles. The Morgan fingerprint density at radius 3 is 2.68 bits per heavy atom. The van der Waals surface area contributed by atoms with Crippen LogP contribution in [0.25, 0.3) is 0 Å². The van der Waals surface area contributed by atoms with Crippen molar-refractivity contribution in [2.45, 2.75) is 19.4 Å². The molecule has 0 radical (unpaired) electrons. The van der Waals surface area contributed by atoms with E-state index in [4.69, 9.17) is 0 Å². The number of benzene rings is 1. The number of hydrogen-bond acceptors (Lipinski definition) is 5. The second-order valence-corrected chi connectivity index (χ2v) is 7.77. The van der Waals surface area contributed by atoms with Gasteiger partial charge in [0.25, 0.3) is 5.91 Å². The first-order chi connectivity index (χ1) is 15.1. The zero-order valence-electron chi connectivity index (χ0n) is 17.2. The van der Waals surface area contributed by atoms with Crippen molar-refractivity contribution in [3.05, 3.63) is 84.1 Å². The molecule has 0 spiro atoms. The van der Waals surface area contributed by atoms with E-state index in [1.54, 1.807) is 41.6 Å². The number of carbonyl (C=O) groups excluding carboxylic acids is 1. The van der Waals surface area contributed by atoms with E-state index >= 15 is 0 Å². The fourth-order valence-electron chi connectivity index (χ4n) is 3.85. The molecule has 6 nitrogen and oxygen atoms in total. The van der Waals surface area contributed by atoms with Gasteiger partial charge < -0.3 is 14.9 Å². The summed E-state index contributed by atoms with van der Waals surface area (Å²) in [5.41, 5.74) is 1.92. The van der Waals surface area contributed by atoms with Crippen molar-refractivity contribution < 1.29 is 14.3 Å². The summed E-state index contributed by atoms with van der Waals surface area (Å²) < 4.78 is 13.4. The summed E-state index contributed by atoms with van der Waals surface area (Å²) >= 11 is 0. The number of aliphatic hydroxyl groups is 1. The third-order valence-corrected chi connectivity index (χ3v) is 5.54. The fraction of sp³-hybridized carbons (Fsp3) is 0.292. The van der Waals surface area contributed by atoms with Gasteiger partial charge in [-0.2, -0.15) is 0 Å². The zero-order valence-corrected chi connectivity index (χ0v) is 17.2. The maximum Gasteiger partial charge on any atom is 0.260 e. The standard InChI is InChI=1S/C24H25FN4O2/c25-21-6-8-22(9-7-21)29(24(31)20-4-1-11-26-14-20)16-18-5-10-23(27-13-18)28-12-2-3-19(15-28)17-30/h1,4-11,13-14,19,30H,2-3,12,15-17H2. The van der Waals surface area contributed by atoms with Crippen LogP contribution in [0.5, 0.6) is 0 Å². The highest BCUT2D eigenvalue weighted by Crippen LogP contribution is 2.24. The van der Waals surface area contributed by atoms with Gasteiger partial charge in [0.2, 0.25) is 0 Å². The Kier molecular flexibility index (Phi) is 6.52. The molecular weight excluding hydrogens is 395 g/mol. The number of nitrogens with zero attached hydrogens (tertiary/aromatic N) is 4. The third kappa shape index (κ3) is 5.06. The molecule has 0 saturated carbocycles. The van der Waals surface area contributed by atoms with Crippen molar-refractivity contribution in [3.63, 3.8) is 0 Å².